The van der Waals surface area contributed by atoms with Crippen LogP contribution in [-0.4, -0.2) is 48.1 Å². The fraction of sp³-hybridized carbons (Fsp3) is 0.692. The number of nitrogens with zero attached hydrogens (tertiary/aromatic N) is 2. The molecule has 0 bridgehead atoms. The van der Waals surface area contributed by atoms with Gasteiger partial charge in [-0.15, -0.1) is 0 Å². The monoisotopic (exact) mass is 299 g/mol. The predicted molar refractivity (Wildman–Crippen MR) is 76.4 cm³/mol. The molecule has 2 heterocycles. The summed E-state index contributed by atoms with van der Waals surface area (Å²) in [5, 5.41) is 7.42. The summed E-state index contributed by atoms with van der Waals surface area (Å²) in [6.45, 7) is 4.48. The van der Waals surface area contributed by atoms with Gasteiger partial charge in [0.25, 0.3) is 0 Å². The Kier molecular flexibility index (Phi) is 4.59. The fourth-order valence-corrected chi connectivity index (χ4v) is 3.75. The molecule has 0 radical (unpaired) electrons. The van der Waals surface area contributed by atoms with Gasteiger partial charge in [0.2, 0.25) is 0 Å². The Bertz CT molecular complexity index is 577. The highest BCUT2D eigenvalue weighted by Gasteiger charge is 2.26. The highest BCUT2D eigenvalue weighted by atomic mass is 32.2. The van der Waals surface area contributed by atoms with Crippen LogP contribution in [0.1, 0.15) is 32.0 Å². The Hall–Kier alpha value is -1.21. The van der Waals surface area contributed by atoms with Crippen LogP contribution < -0.4 is 5.32 Å². The molecule has 1 saturated heterocycles. The molecule has 0 saturated carbocycles. The quantitative estimate of drug-likeness (QED) is 0.848. The number of ketones is 1. The Balaban J connectivity index is 1.88. The summed E-state index contributed by atoms with van der Waals surface area (Å²) in [6, 6.07) is 1.85. The molecule has 7 heteroatoms. The van der Waals surface area contributed by atoms with Gasteiger partial charge >= 0.3 is 0 Å². The maximum absolute atomic E-state index is 12.0. The first-order chi connectivity index (χ1) is 9.35. The maximum Gasteiger partial charge on any atom is 0.153 e. The predicted octanol–water partition coefficient (Wildman–Crippen LogP) is 0.352. The van der Waals surface area contributed by atoms with Crippen LogP contribution in [0.3, 0.4) is 0 Å². The topological polar surface area (TPSA) is 81.1 Å². The van der Waals surface area contributed by atoms with Crippen molar-refractivity contribution < 1.29 is 13.2 Å². The third-order valence-corrected chi connectivity index (χ3v) is 5.08. The third-order valence-electron chi connectivity index (χ3n) is 3.35. The molecule has 1 N–H and O–H groups in total. The Morgan fingerprint density at radius 2 is 2.30 bits per heavy atom. The number of carbonyl (C=O) groups is 1. The van der Waals surface area contributed by atoms with Gasteiger partial charge in [-0.25, -0.2) is 8.42 Å². The maximum atomic E-state index is 12.0. The lowest BCUT2D eigenvalue weighted by Gasteiger charge is -2.22. The summed E-state index contributed by atoms with van der Waals surface area (Å²) >= 11 is 0. The lowest BCUT2D eigenvalue weighted by atomic mass is 10.1. The SMILES string of the molecule is CC(C)n1ccc(CC(=O)CC2CS(=O)(=O)CCN2)n1. The van der Waals surface area contributed by atoms with E-state index in [1.54, 1.807) is 0 Å². The zero-order valence-electron chi connectivity index (χ0n) is 11.9. The Morgan fingerprint density at radius 3 is 2.90 bits per heavy atom. The van der Waals surface area contributed by atoms with Crippen molar-refractivity contribution >= 4 is 15.6 Å². The van der Waals surface area contributed by atoms with E-state index in [1.807, 2.05) is 30.8 Å². The molecule has 0 spiro atoms. The van der Waals surface area contributed by atoms with Crippen molar-refractivity contribution in [2.24, 2.45) is 0 Å². The number of hydrogen-bond donors (Lipinski definition) is 1. The summed E-state index contributed by atoms with van der Waals surface area (Å²) in [5.41, 5.74) is 0.738. The average Bonchev–Trinajstić information content (AvgIpc) is 2.75. The lowest BCUT2D eigenvalue weighted by molar-refractivity contribution is -0.118. The van der Waals surface area contributed by atoms with Gasteiger partial charge in [-0.3, -0.25) is 9.48 Å². The first-order valence-corrected chi connectivity index (χ1v) is 8.67. The molecule has 112 valence electrons. The van der Waals surface area contributed by atoms with Crippen molar-refractivity contribution in [3.05, 3.63) is 18.0 Å². The van der Waals surface area contributed by atoms with Gasteiger partial charge in [0, 0.05) is 31.2 Å². The summed E-state index contributed by atoms with van der Waals surface area (Å²) in [5.74, 6) is 0.240. The number of hydrogen-bond acceptors (Lipinski definition) is 5. The van der Waals surface area contributed by atoms with E-state index in [0.29, 0.717) is 6.54 Å². The molecule has 1 unspecified atom stereocenters. The minimum Gasteiger partial charge on any atom is -0.312 e. The molecule has 0 amide bonds. The third kappa shape index (κ3) is 4.14. The van der Waals surface area contributed by atoms with Crippen molar-refractivity contribution in [3.63, 3.8) is 0 Å². The number of nitrogens with one attached hydrogen (secondary N) is 1. The smallest absolute Gasteiger partial charge is 0.153 e. The number of Topliss-reactive ketones (excluding diaryl/α,β-unsaturated/α-hetero) is 1. The molecule has 1 aromatic rings. The van der Waals surface area contributed by atoms with Crippen molar-refractivity contribution in [2.45, 2.75) is 38.8 Å². The molecule has 1 aromatic heterocycles. The Morgan fingerprint density at radius 1 is 1.55 bits per heavy atom. The minimum atomic E-state index is -2.99. The fourth-order valence-electron chi connectivity index (χ4n) is 2.31. The van der Waals surface area contributed by atoms with Gasteiger partial charge in [0.1, 0.15) is 5.78 Å². The van der Waals surface area contributed by atoms with Crippen LogP contribution in [0.2, 0.25) is 0 Å². The highest BCUT2D eigenvalue weighted by Crippen LogP contribution is 2.09. The second-order valence-corrected chi connectivity index (χ2v) is 7.79. The van der Waals surface area contributed by atoms with Gasteiger partial charge in [0.05, 0.1) is 23.6 Å². The van der Waals surface area contributed by atoms with E-state index < -0.39 is 9.84 Å². The summed E-state index contributed by atoms with van der Waals surface area (Å²) in [7, 11) is -2.99. The molecular weight excluding hydrogens is 278 g/mol. The molecule has 2 rings (SSSR count). The van der Waals surface area contributed by atoms with Crippen LogP contribution in [0.4, 0.5) is 0 Å². The molecule has 20 heavy (non-hydrogen) atoms. The molecule has 0 aliphatic carbocycles. The molecule has 1 atom stereocenters. The lowest BCUT2D eigenvalue weighted by Crippen LogP contribution is -2.46. The van der Waals surface area contributed by atoms with E-state index >= 15 is 0 Å². The van der Waals surface area contributed by atoms with Crippen LogP contribution in [0.15, 0.2) is 12.3 Å². The first-order valence-electron chi connectivity index (χ1n) is 6.85. The van der Waals surface area contributed by atoms with Gasteiger partial charge < -0.3 is 5.32 Å². The van der Waals surface area contributed by atoms with Crippen LogP contribution in [0.5, 0.6) is 0 Å². The number of rotatable bonds is 5. The van der Waals surface area contributed by atoms with Gasteiger partial charge in [-0.1, -0.05) is 0 Å². The Labute approximate surface area is 119 Å². The minimum absolute atomic E-state index is 0.0219. The number of aromatic nitrogens is 2. The first kappa shape index (κ1) is 15.2. The standard InChI is InChI=1S/C13H21N3O3S/c1-10(2)16-5-3-11(15-16)7-13(17)8-12-9-20(18,19)6-4-14-12/h3,5,10,12,14H,4,6-9H2,1-2H3. The van der Waals surface area contributed by atoms with Crippen molar-refractivity contribution in [3.8, 4) is 0 Å². The van der Waals surface area contributed by atoms with Crippen molar-refractivity contribution in [2.75, 3.05) is 18.1 Å². The second kappa shape index (κ2) is 6.05. The highest BCUT2D eigenvalue weighted by molar-refractivity contribution is 7.91. The van der Waals surface area contributed by atoms with E-state index in [2.05, 4.69) is 10.4 Å². The van der Waals surface area contributed by atoms with Crippen LogP contribution in [0.25, 0.3) is 0 Å². The van der Waals surface area contributed by atoms with E-state index in [1.165, 1.54) is 0 Å². The molecule has 0 aromatic carbocycles. The molecule has 6 nitrogen and oxygen atoms in total. The van der Waals surface area contributed by atoms with E-state index in [4.69, 9.17) is 0 Å². The zero-order chi connectivity index (χ0) is 14.8. The van der Waals surface area contributed by atoms with Gasteiger partial charge in [-0.2, -0.15) is 5.10 Å². The van der Waals surface area contributed by atoms with Crippen LogP contribution in [-0.2, 0) is 21.1 Å². The number of sulfone groups is 1. The largest absolute Gasteiger partial charge is 0.312 e. The molecule has 1 aliphatic heterocycles. The van der Waals surface area contributed by atoms with Gasteiger partial charge in [0.15, 0.2) is 9.84 Å². The molecule has 1 fully saturated rings. The molecular formula is C13H21N3O3S. The zero-order valence-corrected chi connectivity index (χ0v) is 12.7. The van der Waals surface area contributed by atoms with Crippen LogP contribution in [0, 0.1) is 0 Å². The van der Waals surface area contributed by atoms with Gasteiger partial charge in [-0.05, 0) is 19.9 Å². The number of carbonyl (C=O) groups excluding carboxylic acids is 1. The van der Waals surface area contributed by atoms with Crippen molar-refractivity contribution in [1.82, 2.24) is 15.1 Å². The normalized spacial score (nSPS) is 22.1. The second-order valence-electron chi connectivity index (χ2n) is 5.57. The summed E-state index contributed by atoms with van der Waals surface area (Å²) in [6.07, 6.45) is 2.36. The summed E-state index contributed by atoms with van der Waals surface area (Å²) in [4.78, 5) is 12.0. The van der Waals surface area contributed by atoms with E-state index in [0.717, 1.165) is 5.69 Å². The van der Waals surface area contributed by atoms with E-state index in [-0.39, 0.29) is 42.2 Å². The average molecular weight is 299 g/mol. The van der Waals surface area contributed by atoms with Crippen molar-refractivity contribution in [1.29, 1.82) is 0 Å². The summed E-state index contributed by atoms with van der Waals surface area (Å²) < 4.78 is 24.8. The van der Waals surface area contributed by atoms with E-state index in [9.17, 15) is 13.2 Å². The van der Waals surface area contributed by atoms with Crippen LogP contribution >= 0.6 is 0 Å². The molecule has 1 aliphatic rings.